The second kappa shape index (κ2) is 9.92. The van der Waals surface area contributed by atoms with E-state index in [0.717, 1.165) is 33.9 Å². The molecule has 11 heteroatoms. The molecule has 1 aliphatic heterocycles. The summed E-state index contributed by atoms with van der Waals surface area (Å²) in [5, 5.41) is 15.2. The lowest BCUT2D eigenvalue weighted by molar-refractivity contribution is 0.0941. The maximum atomic E-state index is 13.1. The Morgan fingerprint density at radius 1 is 1.14 bits per heavy atom. The second-order valence-corrected chi connectivity index (χ2v) is 11.1. The first kappa shape index (κ1) is 23.7. The number of nitrogens with zero attached hydrogens (tertiary/aromatic N) is 5. The summed E-state index contributed by atoms with van der Waals surface area (Å²) < 4.78 is 3.46. The van der Waals surface area contributed by atoms with E-state index in [1.165, 1.54) is 41.9 Å². The predicted molar refractivity (Wildman–Crippen MR) is 139 cm³/mol. The number of piperidine rings is 1. The first-order valence-corrected chi connectivity index (χ1v) is 13.4. The molecule has 0 spiro atoms. The van der Waals surface area contributed by atoms with Gasteiger partial charge in [-0.1, -0.05) is 6.42 Å². The number of hydrogen-bond acceptors (Lipinski definition) is 7. The molecule has 35 heavy (non-hydrogen) atoms. The van der Waals surface area contributed by atoms with Crippen LogP contribution in [0.5, 0.6) is 0 Å². The largest absolute Gasteiger partial charge is 0.350 e. The van der Waals surface area contributed by atoms with Crippen LogP contribution in [0.3, 0.4) is 0 Å². The summed E-state index contributed by atoms with van der Waals surface area (Å²) in [5.74, 6) is -0.342. The van der Waals surface area contributed by atoms with Crippen molar-refractivity contribution in [1.29, 1.82) is 0 Å². The molecule has 0 bridgehead atoms. The van der Waals surface area contributed by atoms with Gasteiger partial charge in [-0.3, -0.25) is 19.2 Å². The molecule has 4 aromatic rings. The van der Waals surface area contributed by atoms with Crippen LogP contribution in [0.4, 0.5) is 5.00 Å². The van der Waals surface area contributed by atoms with E-state index in [9.17, 15) is 9.59 Å². The number of nitrogens with one attached hydrogen (secondary N) is 2. The average Bonchev–Trinajstić information content (AvgIpc) is 3.59. The number of likely N-dealkylation sites (tertiary alicyclic amines) is 1. The number of anilines is 1. The summed E-state index contributed by atoms with van der Waals surface area (Å²) in [7, 11) is 1.87. The molecule has 0 aliphatic carbocycles. The van der Waals surface area contributed by atoms with Crippen molar-refractivity contribution in [3.05, 3.63) is 46.9 Å². The van der Waals surface area contributed by atoms with E-state index in [1.807, 2.05) is 32.4 Å². The Morgan fingerprint density at radius 2 is 2.00 bits per heavy atom. The smallest absolute Gasteiger partial charge is 0.261 e. The number of carbonyl (C=O) groups excluding carboxylic acids is 2. The van der Waals surface area contributed by atoms with Crippen LogP contribution in [0.15, 0.2) is 30.9 Å². The van der Waals surface area contributed by atoms with Crippen molar-refractivity contribution in [1.82, 2.24) is 29.6 Å². The van der Waals surface area contributed by atoms with Crippen LogP contribution in [0, 0.1) is 6.92 Å². The van der Waals surface area contributed by atoms with Gasteiger partial charge in [-0.2, -0.15) is 10.2 Å². The van der Waals surface area contributed by atoms with E-state index in [2.05, 4.69) is 32.7 Å². The van der Waals surface area contributed by atoms with Crippen molar-refractivity contribution >= 4 is 44.3 Å². The van der Waals surface area contributed by atoms with E-state index in [-0.39, 0.29) is 11.8 Å². The Hall–Kier alpha value is -3.02. The van der Waals surface area contributed by atoms with Gasteiger partial charge < -0.3 is 10.6 Å². The van der Waals surface area contributed by atoms with Crippen LogP contribution < -0.4 is 10.6 Å². The highest BCUT2D eigenvalue weighted by molar-refractivity contribution is 7.21. The number of aryl methyl sites for hydroxylation is 2. The van der Waals surface area contributed by atoms with Gasteiger partial charge in [0, 0.05) is 44.1 Å². The Morgan fingerprint density at radius 3 is 2.77 bits per heavy atom. The highest BCUT2D eigenvalue weighted by Crippen LogP contribution is 2.32. The lowest BCUT2D eigenvalue weighted by Gasteiger charge is -2.33. The number of aromatic nitrogens is 4. The van der Waals surface area contributed by atoms with Gasteiger partial charge in [-0.05, 0) is 44.9 Å². The molecule has 1 fully saturated rings. The molecular weight excluding hydrogens is 482 g/mol. The molecule has 2 amide bonds. The normalized spacial score (nSPS) is 16.6. The van der Waals surface area contributed by atoms with E-state index in [1.54, 1.807) is 21.6 Å². The first-order valence-electron chi connectivity index (χ1n) is 11.8. The molecule has 1 aliphatic rings. The Balaban J connectivity index is 1.23. The number of hydrogen-bond donors (Lipinski definition) is 2. The summed E-state index contributed by atoms with van der Waals surface area (Å²) in [6.45, 7) is 6.73. The summed E-state index contributed by atoms with van der Waals surface area (Å²) in [5.41, 5.74) is 2.34. The van der Waals surface area contributed by atoms with Gasteiger partial charge in [0.2, 0.25) is 0 Å². The maximum absolute atomic E-state index is 13.1. The summed E-state index contributed by atoms with van der Waals surface area (Å²) in [6.07, 6.45) is 10.9. The molecule has 0 aromatic carbocycles. The number of thiazole rings is 1. The van der Waals surface area contributed by atoms with Crippen molar-refractivity contribution in [2.75, 3.05) is 25.0 Å². The lowest BCUT2D eigenvalue weighted by atomic mass is 10.0. The zero-order valence-corrected chi connectivity index (χ0v) is 21.7. The summed E-state index contributed by atoms with van der Waals surface area (Å²) >= 11 is 2.79. The van der Waals surface area contributed by atoms with Gasteiger partial charge in [0.25, 0.3) is 11.8 Å². The second-order valence-electron chi connectivity index (χ2n) is 9.02. The van der Waals surface area contributed by atoms with E-state index >= 15 is 0 Å². The molecule has 0 radical (unpaired) electrons. The Bertz CT molecular complexity index is 1370. The topological polar surface area (TPSA) is 96.6 Å². The molecule has 1 unspecified atom stereocenters. The molecule has 184 valence electrons. The van der Waals surface area contributed by atoms with Crippen molar-refractivity contribution in [3.63, 3.8) is 0 Å². The average molecular weight is 512 g/mol. The standard InChI is InChI=1S/C24H29N7O2S2/c1-15-10-19(22(33)25-7-9-30-8-5-4-6-16(30)2)34-23(15)28-21(32)18-12-27-31-14-20(35-24(18)31)17-11-26-29(3)13-17/h10-14,16H,4-9H2,1-3H3,(H,25,33)(H,28,32). The third-order valence-corrected chi connectivity index (χ3v) is 8.74. The van der Waals surface area contributed by atoms with Gasteiger partial charge >= 0.3 is 0 Å². The lowest BCUT2D eigenvalue weighted by Crippen LogP contribution is -2.42. The molecular formula is C24H29N7O2S2. The number of rotatable bonds is 7. The van der Waals surface area contributed by atoms with Gasteiger partial charge in [0.1, 0.15) is 4.83 Å². The van der Waals surface area contributed by atoms with Gasteiger partial charge in [0.05, 0.1) is 32.7 Å². The van der Waals surface area contributed by atoms with Crippen LogP contribution in [-0.4, -0.2) is 61.8 Å². The van der Waals surface area contributed by atoms with E-state index < -0.39 is 0 Å². The molecule has 9 nitrogen and oxygen atoms in total. The van der Waals surface area contributed by atoms with Crippen molar-refractivity contribution in [3.8, 4) is 10.4 Å². The fourth-order valence-electron chi connectivity index (χ4n) is 4.40. The molecule has 1 saturated heterocycles. The molecule has 5 rings (SSSR count). The molecule has 2 N–H and O–H groups in total. The van der Waals surface area contributed by atoms with Gasteiger partial charge in [0.15, 0.2) is 0 Å². The SMILES string of the molecule is Cc1cc(C(=O)NCCN2CCCCC2C)sc1NC(=O)c1cnn2cc(-c3cnn(C)c3)sc12. The minimum atomic E-state index is -0.240. The zero-order chi connectivity index (χ0) is 24.5. The van der Waals surface area contributed by atoms with Crippen molar-refractivity contribution in [2.45, 2.75) is 39.2 Å². The van der Waals surface area contributed by atoms with Crippen molar-refractivity contribution < 1.29 is 9.59 Å². The molecule has 1 atom stereocenters. The molecule has 4 aromatic heterocycles. The third kappa shape index (κ3) is 5.02. The van der Waals surface area contributed by atoms with E-state index in [0.29, 0.717) is 28.0 Å². The van der Waals surface area contributed by atoms with Crippen LogP contribution in [0.25, 0.3) is 15.3 Å². The summed E-state index contributed by atoms with van der Waals surface area (Å²) in [6, 6.07) is 2.41. The zero-order valence-electron chi connectivity index (χ0n) is 20.1. The van der Waals surface area contributed by atoms with Gasteiger partial charge in [-0.25, -0.2) is 4.52 Å². The minimum Gasteiger partial charge on any atom is -0.350 e. The highest BCUT2D eigenvalue weighted by Gasteiger charge is 2.21. The number of carbonyl (C=O) groups is 2. The minimum absolute atomic E-state index is 0.101. The first-order chi connectivity index (χ1) is 16.9. The van der Waals surface area contributed by atoms with Crippen LogP contribution in [0.2, 0.25) is 0 Å². The fourth-order valence-corrected chi connectivity index (χ4v) is 6.42. The van der Waals surface area contributed by atoms with Crippen LogP contribution >= 0.6 is 22.7 Å². The Kier molecular flexibility index (Phi) is 6.72. The fraction of sp³-hybridized carbons (Fsp3) is 0.417. The third-order valence-electron chi connectivity index (χ3n) is 6.42. The number of amides is 2. The van der Waals surface area contributed by atoms with Crippen molar-refractivity contribution in [2.24, 2.45) is 7.05 Å². The summed E-state index contributed by atoms with van der Waals surface area (Å²) in [4.78, 5) is 30.6. The van der Waals surface area contributed by atoms with Crippen LogP contribution in [-0.2, 0) is 7.05 Å². The monoisotopic (exact) mass is 511 g/mol. The highest BCUT2D eigenvalue weighted by atomic mass is 32.1. The Labute approximate surface area is 211 Å². The number of fused-ring (bicyclic) bond motifs is 1. The molecule has 5 heterocycles. The maximum Gasteiger partial charge on any atom is 0.261 e. The quantitative estimate of drug-likeness (QED) is 0.391. The van der Waals surface area contributed by atoms with Gasteiger partial charge in [-0.15, -0.1) is 22.7 Å². The van der Waals surface area contributed by atoms with E-state index in [4.69, 9.17) is 0 Å². The van der Waals surface area contributed by atoms with Crippen LogP contribution in [0.1, 0.15) is 51.8 Å². The molecule has 0 saturated carbocycles. The predicted octanol–water partition coefficient (Wildman–Crippen LogP) is 4.02. The number of thiophene rings is 1.